The largest absolute Gasteiger partial charge is 0.379 e. The van der Waals surface area contributed by atoms with Crippen LogP contribution in [0.2, 0.25) is 0 Å². The molecular weight excluding hydrogens is 350 g/mol. The number of ether oxygens (including phenoxy) is 1. The Morgan fingerprint density at radius 1 is 1.27 bits per heavy atom. The molecule has 2 heterocycles. The van der Waals surface area contributed by atoms with Crippen LogP contribution in [0.1, 0.15) is 37.7 Å². The highest BCUT2D eigenvalue weighted by Gasteiger charge is 2.34. The SMILES string of the molecule is Cl.O=C1CCCN1c1cccc(CNC2CCCC2C2COCCN2)c1. The first-order valence-electron chi connectivity index (χ1n) is 9.75. The van der Waals surface area contributed by atoms with E-state index in [0.717, 1.165) is 45.0 Å². The van der Waals surface area contributed by atoms with Crippen molar-refractivity contribution in [1.82, 2.24) is 10.6 Å². The van der Waals surface area contributed by atoms with Gasteiger partial charge in [-0.3, -0.25) is 4.79 Å². The maximum absolute atomic E-state index is 12.0. The zero-order valence-electron chi connectivity index (χ0n) is 15.3. The topological polar surface area (TPSA) is 53.6 Å². The lowest BCUT2D eigenvalue weighted by molar-refractivity contribution is -0.117. The third-order valence-electron chi connectivity index (χ3n) is 5.90. The number of hydrogen-bond donors (Lipinski definition) is 2. The minimum Gasteiger partial charge on any atom is -0.379 e. The summed E-state index contributed by atoms with van der Waals surface area (Å²) < 4.78 is 5.66. The molecule has 2 saturated heterocycles. The molecule has 2 aliphatic heterocycles. The van der Waals surface area contributed by atoms with Crippen LogP contribution in [0.3, 0.4) is 0 Å². The number of nitrogens with zero attached hydrogens (tertiary/aromatic N) is 1. The molecule has 1 aliphatic carbocycles. The molecule has 3 fully saturated rings. The van der Waals surface area contributed by atoms with E-state index in [9.17, 15) is 4.79 Å². The van der Waals surface area contributed by atoms with Gasteiger partial charge >= 0.3 is 0 Å². The molecule has 1 saturated carbocycles. The normalized spacial score (nSPS) is 29.0. The minimum absolute atomic E-state index is 0. The predicted molar refractivity (Wildman–Crippen MR) is 106 cm³/mol. The van der Waals surface area contributed by atoms with E-state index in [-0.39, 0.29) is 18.3 Å². The van der Waals surface area contributed by atoms with Crippen LogP contribution in [0.25, 0.3) is 0 Å². The summed E-state index contributed by atoms with van der Waals surface area (Å²) in [6.07, 6.45) is 5.47. The van der Waals surface area contributed by atoms with Gasteiger partial charge in [0.25, 0.3) is 0 Å². The van der Waals surface area contributed by atoms with Crippen molar-refractivity contribution in [3.63, 3.8) is 0 Å². The van der Waals surface area contributed by atoms with Crippen molar-refractivity contribution in [3.05, 3.63) is 29.8 Å². The van der Waals surface area contributed by atoms with Crippen molar-refractivity contribution in [2.24, 2.45) is 5.92 Å². The third kappa shape index (κ3) is 4.39. The number of rotatable bonds is 5. The Hall–Kier alpha value is -1.14. The van der Waals surface area contributed by atoms with Gasteiger partial charge in [-0.2, -0.15) is 0 Å². The smallest absolute Gasteiger partial charge is 0.227 e. The molecule has 4 rings (SSSR count). The Morgan fingerprint density at radius 2 is 2.19 bits per heavy atom. The lowest BCUT2D eigenvalue weighted by Crippen LogP contribution is -2.50. The lowest BCUT2D eigenvalue weighted by atomic mass is 9.94. The van der Waals surface area contributed by atoms with Gasteiger partial charge in [0.2, 0.25) is 5.91 Å². The highest BCUT2D eigenvalue weighted by Crippen LogP contribution is 2.30. The van der Waals surface area contributed by atoms with Gasteiger partial charge in [0, 0.05) is 43.8 Å². The molecule has 1 aromatic carbocycles. The Kier molecular flexibility index (Phi) is 6.92. The van der Waals surface area contributed by atoms with Crippen LogP contribution in [0.4, 0.5) is 5.69 Å². The van der Waals surface area contributed by atoms with Crippen molar-refractivity contribution in [2.75, 3.05) is 31.2 Å². The van der Waals surface area contributed by atoms with Gasteiger partial charge in [-0.05, 0) is 42.9 Å². The molecule has 0 radical (unpaired) electrons. The van der Waals surface area contributed by atoms with E-state index in [1.54, 1.807) is 0 Å². The van der Waals surface area contributed by atoms with E-state index in [1.807, 2.05) is 11.0 Å². The van der Waals surface area contributed by atoms with Crippen LogP contribution in [-0.2, 0) is 16.1 Å². The molecule has 1 amide bonds. The van der Waals surface area contributed by atoms with Gasteiger partial charge in [0.15, 0.2) is 0 Å². The van der Waals surface area contributed by atoms with Gasteiger partial charge in [0.05, 0.1) is 13.2 Å². The monoisotopic (exact) mass is 379 g/mol. The Balaban J connectivity index is 0.00000196. The highest BCUT2D eigenvalue weighted by molar-refractivity contribution is 5.95. The fraction of sp³-hybridized carbons (Fsp3) is 0.650. The number of anilines is 1. The summed E-state index contributed by atoms with van der Waals surface area (Å²) in [4.78, 5) is 13.9. The van der Waals surface area contributed by atoms with Gasteiger partial charge in [-0.25, -0.2) is 0 Å². The summed E-state index contributed by atoms with van der Waals surface area (Å²) >= 11 is 0. The fourth-order valence-corrected chi connectivity index (χ4v) is 4.59. The summed E-state index contributed by atoms with van der Waals surface area (Å²) in [7, 11) is 0. The van der Waals surface area contributed by atoms with Gasteiger partial charge in [-0.1, -0.05) is 18.6 Å². The average Bonchev–Trinajstić information content (AvgIpc) is 3.30. The van der Waals surface area contributed by atoms with E-state index >= 15 is 0 Å². The zero-order chi connectivity index (χ0) is 17.1. The number of halogens is 1. The second-order valence-electron chi connectivity index (χ2n) is 7.54. The number of carbonyl (C=O) groups excluding carboxylic acids is 1. The number of hydrogen-bond acceptors (Lipinski definition) is 4. The summed E-state index contributed by atoms with van der Waals surface area (Å²) in [5, 5.41) is 7.41. The van der Waals surface area contributed by atoms with Crippen LogP contribution in [0, 0.1) is 5.92 Å². The van der Waals surface area contributed by atoms with Gasteiger partial charge in [-0.15, -0.1) is 12.4 Å². The maximum Gasteiger partial charge on any atom is 0.227 e. The molecule has 3 aliphatic rings. The first-order valence-corrected chi connectivity index (χ1v) is 9.75. The summed E-state index contributed by atoms with van der Waals surface area (Å²) in [5.41, 5.74) is 2.31. The average molecular weight is 380 g/mol. The Bertz CT molecular complexity index is 606. The molecule has 0 aromatic heterocycles. The maximum atomic E-state index is 12.0. The first-order chi connectivity index (χ1) is 12.3. The van der Waals surface area contributed by atoms with Crippen molar-refractivity contribution >= 4 is 24.0 Å². The standard InChI is InChI=1S/C20H29N3O2.ClH/c24-20-8-3-10-23(20)16-5-1-4-15(12-16)13-22-18-7-2-6-17(18)19-14-25-11-9-21-19;/h1,4-5,12,17-19,21-22H,2-3,6-11,13-14H2;1H. The van der Waals surface area contributed by atoms with E-state index < -0.39 is 0 Å². The predicted octanol–water partition coefficient (Wildman–Crippen LogP) is 2.48. The van der Waals surface area contributed by atoms with E-state index in [2.05, 4.69) is 28.8 Å². The number of benzene rings is 1. The van der Waals surface area contributed by atoms with E-state index in [4.69, 9.17) is 4.74 Å². The molecule has 144 valence electrons. The number of morpholine rings is 1. The van der Waals surface area contributed by atoms with Crippen LogP contribution in [0.5, 0.6) is 0 Å². The Morgan fingerprint density at radius 3 is 2.96 bits per heavy atom. The molecule has 0 spiro atoms. The second kappa shape index (κ2) is 9.18. The molecule has 3 atom stereocenters. The van der Waals surface area contributed by atoms with Crippen molar-refractivity contribution < 1.29 is 9.53 Å². The molecular formula is C20H30ClN3O2. The van der Waals surface area contributed by atoms with Gasteiger partial charge < -0.3 is 20.3 Å². The number of carbonyl (C=O) groups is 1. The van der Waals surface area contributed by atoms with Crippen molar-refractivity contribution in [1.29, 1.82) is 0 Å². The molecule has 5 nitrogen and oxygen atoms in total. The molecule has 26 heavy (non-hydrogen) atoms. The molecule has 3 unspecified atom stereocenters. The molecule has 1 aromatic rings. The Labute approximate surface area is 162 Å². The third-order valence-corrected chi connectivity index (χ3v) is 5.90. The van der Waals surface area contributed by atoms with Crippen LogP contribution in [-0.4, -0.2) is 44.3 Å². The zero-order valence-corrected chi connectivity index (χ0v) is 16.1. The molecule has 2 N–H and O–H groups in total. The van der Waals surface area contributed by atoms with Crippen molar-refractivity contribution in [3.8, 4) is 0 Å². The summed E-state index contributed by atoms with van der Waals surface area (Å²) in [5.74, 6) is 0.910. The van der Waals surface area contributed by atoms with E-state index in [0.29, 0.717) is 24.4 Å². The molecule has 0 bridgehead atoms. The van der Waals surface area contributed by atoms with Gasteiger partial charge in [0.1, 0.15) is 0 Å². The van der Waals surface area contributed by atoms with Crippen LogP contribution < -0.4 is 15.5 Å². The van der Waals surface area contributed by atoms with Crippen LogP contribution >= 0.6 is 12.4 Å². The summed E-state index contributed by atoms with van der Waals surface area (Å²) in [6, 6.07) is 9.48. The number of nitrogens with one attached hydrogen (secondary N) is 2. The second-order valence-corrected chi connectivity index (χ2v) is 7.54. The van der Waals surface area contributed by atoms with E-state index in [1.165, 1.54) is 24.8 Å². The quantitative estimate of drug-likeness (QED) is 0.825. The first kappa shape index (κ1) is 19.6. The lowest BCUT2D eigenvalue weighted by Gasteiger charge is -2.33. The van der Waals surface area contributed by atoms with Crippen molar-refractivity contribution in [2.45, 2.75) is 50.7 Å². The minimum atomic E-state index is 0. The fourth-order valence-electron chi connectivity index (χ4n) is 4.59. The number of amides is 1. The molecule has 6 heteroatoms. The highest BCUT2D eigenvalue weighted by atomic mass is 35.5. The van der Waals surface area contributed by atoms with Crippen LogP contribution in [0.15, 0.2) is 24.3 Å². The summed E-state index contributed by atoms with van der Waals surface area (Å²) in [6.45, 7) is 4.37.